The van der Waals surface area contributed by atoms with E-state index in [0.717, 1.165) is 24.6 Å². The zero-order chi connectivity index (χ0) is 13.9. The Balaban J connectivity index is 2.06. The van der Waals surface area contributed by atoms with Gasteiger partial charge in [0.1, 0.15) is 11.6 Å². The summed E-state index contributed by atoms with van der Waals surface area (Å²) in [6.07, 6.45) is 0.903. The SMILES string of the molecule is COCCCOCCOc1nnc(CNC(C)C)s1. The molecule has 0 spiro atoms. The summed E-state index contributed by atoms with van der Waals surface area (Å²) >= 11 is 1.46. The van der Waals surface area contributed by atoms with Gasteiger partial charge >= 0.3 is 0 Å². The predicted molar refractivity (Wildman–Crippen MR) is 74.7 cm³/mol. The van der Waals surface area contributed by atoms with E-state index in [1.54, 1.807) is 7.11 Å². The number of rotatable bonds is 11. The zero-order valence-corrected chi connectivity index (χ0v) is 12.7. The molecule has 0 radical (unpaired) electrons. The van der Waals surface area contributed by atoms with Crippen LogP contribution in [0.1, 0.15) is 25.3 Å². The van der Waals surface area contributed by atoms with Gasteiger partial charge in [-0.3, -0.25) is 0 Å². The Labute approximate surface area is 118 Å². The Morgan fingerprint density at radius 3 is 2.74 bits per heavy atom. The quantitative estimate of drug-likeness (QED) is 0.622. The lowest BCUT2D eigenvalue weighted by molar-refractivity contribution is 0.0804. The van der Waals surface area contributed by atoms with Gasteiger partial charge in [0, 0.05) is 26.4 Å². The molecule has 0 aliphatic heterocycles. The third-order valence-electron chi connectivity index (χ3n) is 2.20. The van der Waals surface area contributed by atoms with Crippen molar-refractivity contribution >= 4 is 11.3 Å². The normalized spacial score (nSPS) is 11.2. The van der Waals surface area contributed by atoms with Gasteiger partial charge in [0.2, 0.25) is 0 Å². The van der Waals surface area contributed by atoms with E-state index < -0.39 is 0 Å². The van der Waals surface area contributed by atoms with Crippen LogP contribution in [0.25, 0.3) is 0 Å². The van der Waals surface area contributed by atoms with Crippen molar-refractivity contribution in [3.63, 3.8) is 0 Å². The largest absolute Gasteiger partial charge is 0.466 e. The number of ether oxygens (including phenoxy) is 3. The molecule has 0 fully saturated rings. The molecule has 1 heterocycles. The maximum atomic E-state index is 5.46. The van der Waals surface area contributed by atoms with Crippen LogP contribution in [0.5, 0.6) is 5.19 Å². The minimum absolute atomic E-state index is 0.439. The highest BCUT2D eigenvalue weighted by molar-refractivity contribution is 7.13. The van der Waals surface area contributed by atoms with Gasteiger partial charge in [-0.1, -0.05) is 25.2 Å². The highest BCUT2D eigenvalue weighted by Crippen LogP contribution is 2.17. The van der Waals surface area contributed by atoms with Crippen LogP contribution in [0.3, 0.4) is 0 Å². The van der Waals surface area contributed by atoms with E-state index in [1.165, 1.54) is 11.3 Å². The van der Waals surface area contributed by atoms with E-state index >= 15 is 0 Å². The highest BCUT2D eigenvalue weighted by Gasteiger charge is 2.05. The molecule has 0 aromatic carbocycles. The lowest BCUT2D eigenvalue weighted by atomic mass is 10.4. The summed E-state index contributed by atoms with van der Waals surface area (Å²) < 4.78 is 15.8. The fourth-order valence-electron chi connectivity index (χ4n) is 1.25. The van der Waals surface area contributed by atoms with Gasteiger partial charge in [0.05, 0.1) is 13.2 Å². The fourth-order valence-corrected chi connectivity index (χ4v) is 1.92. The smallest absolute Gasteiger partial charge is 0.294 e. The van der Waals surface area contributed by atoms with Crippen molar-refractivity contribution in [2.24, 2.45) is 0 Å². The molecule has 0 bridgehead atoms. The first-order valence-corrected chi connectivity index (χ1v) is 7.29. The molecule has 0 amide bonds. The van der Waals surface area contributed by atoms with Crippen molar-refractivity contribution in [2.75, 3.05) is 33.5 Å². The van der Waals surface area contributed by atoms with Gasteiger partial charge in [-0.15, -0.1) is 10.2 Å². The second-order valence-electron chi connectivity index (χ2n) is 4.30. The first-order valence-electron chi connectivity index (χ1n) is 6.47. The predicted octanol–water partition coefficient (Wildman–Crippen LogP) is 1.47. The summed E-state index contributed by atoms with van der Waals surface area (Å²) in [5.41, 5.74) is 0. The van der Waals surface area contributed by atoms with E-state index in [0.29, 0.717) is 31.1 Å². The molecule has 1 aromatic heterocycles. The van der Waals surface area contributed by atoms with Crippen LogP contribution in [-0.2, 0) is 16.0 Å². The maximum Gasteiger partial charge on any atom is 0.294 e. The lowest BCUT2D eigenvalue weighted by Crippen LogP contribution is -2.21. The van der Waals surface area contributed by atoms with Gasteiger partial charge in [-0.25, -0.2) is 0 Å². The second kappa shape index (κ2) is 10.1. The lowest BCUT2D eigenvalue weighted by Gasteiger charge is -2.04. The maximum absolute atomic E-state index is 5.46. The Bertz CT molecular complexity index is 334. The third-order valence-corrected chi connectivity index (χ3v) is 3.04. The second-order valence-corrected chi connectivity index (χ2v) is 5.33. The molecule has 7 heteroatoms. The molecule has 0 atom stereocenters. The van der Waals surface area contributed by atoms with Crippen molar-refractivity contribution in [1.29, 1.82) is 0 Å². The van der Waals surface area contributed by atoms with E-state index in [4.69, 9.17) is 14.2 Å². The number of nitrogens with zero attached hydrogens (tertiary/aromatic N) is 2. The minimum Gasteiger partial charge on any atom is -0.466 e. The van der Waals surface area contributed by atoms with Crippen molar-refractivity contribution in [3.8, 4) is 5.19 Å². The summed E-state index contributed by atoms with van der Waals surface area (Å²) in [5, 5.41) is 12.8. The van der Waals surface area contributed by atoms with E-state index in [1.807, 2.05) is 0 Å². The summed E-state index contributed by atoms with van der Waals surface area (Å²) in [7, 11) is 1.68. The van der Waals surface area contributed by atoms with Gasteiger partial charge in [0.25, 0.3) is 5.19 Å². The standard InChI is InChI=1S/C12H23N3O3S/c1-10(2)13-9-11-14-15-12(19-11)18-8-7-17-6-4-5-16-3/h10,13H,4-9H2,1-3H3. The van der Waals surface area contributed by atoms with Crippen LogP contribution in [-0.4, -0.2) is 49.8 Å². The molecule has 19 heavy (non-hydrogen) atoms. The molecule has 1 rings (SSSR count). The molecular weight excluding hydrogens is 266 g/mol. The molecule has 0 saturated carbocycles. The van der Waals surface area contributed by atoms with E-state index in [-0.39, 0.29) is 0 Å². The molecule has 6 nitrogen and oxygen atoms in total. The van der Waals surface area contributed by atoms with Crippen molar-refractivity contribution in [1.82, 2.24) is 15.5 Å². The summed E-state index contributed by atoms with van der Waals surface area (Å²) in [6.45, 7) is 7.40. The Morgan fingerprint density at radius 1 is 1.16 bits per heavy atom. The van der Waals surface area contributed by atoms with E-state index in [2.05, 4.69) is 29.4 Å². The summed E-state index contributed by atoms with van der Waals surface area (Å²) in [5.74, 6) is 0. The molecule has 0 saturated heterocycles. The Kier molecular flexibility index (Phi) is 8.64. The first-order chi connectivity index (χ1) is 9.22. The number of nitrogens with one attached hydrogen (secondary N) is 1. The topological polar surface area (TPSA) is 65.5 Å². The van der Waals surface area contributed by atoms with Gasteiger partial charge in [0.15, 0.2) is 0 Å². The molecule has 0 aliphatic rings. The van der Waals surface area contributed by atoms with Crippen molar-refractivity contribution in [3.05, 3.63) is 5.01 Å². The number of hydrogen-bond donors (Lipinski definition) is 1. The number of methoxy groups -OCH3 is 1. The van der Waals surface area contributed by atoms with Crippen molar-refractivity contribution < 1.29 is 14.2 Å². The van der Waals surface area contributed by atoms with Gasteiger partial charge in [-0.05, 0) is 6.42 Å². The van der Waals surface area contributed by atoms with Crippen LogP contribution in [0.15, 0.2) is 0 Å². The van der Waals surface area contributed by atoms with Gasteiger partial charge < -0.3 is 19.5 Å². The van der Waals surface area contributed by atoms with Crippen molar-refractivity contribution in [2.45, 2.75) is 32.9 Å². The van der Waals surface area contributed by atoms with E-state index in [9.17, 15) is 0 Å². The average Bonchev–Trinajstić information content (AvgIpc) is 2.83. The molecule has 0 unspecified atom stereocenters. The summed E-state index contributed by atoms with van der Waals surface area (Å²) in [4.78, 5) is 0. The molecular formula is C12H23N3O3S. The average molecular weight is 289 g/mol. The van der Waals surface area contributed by atoms with Crippen LogP contribution >= 0.6 is 11.3 Å². The molecule has 110 valence electrons. The summed E-state index contributed by atoms with van der Waals surface area (Å²) in [6, 6.07) is 0.439. The fraction of sp³-hybridized carbons (Fsp3) is 0.833. The number of aromatic nitrogens is 2. The Hall–Kier alpha value is -0.760. The zero-order valence-electron chi connectivity index (χ0n) is 11.8. The Morgan fingerprint density at radius 2 is 2.00 bits per heavy atom. The first kappa shape index (κ1) is 16.3. The molecule has 0 aliphatic carbocycles. The highest BCUT2D eigenvalue weighted by atomic mass is 32.1. The van der Waals surface area contributed by atoms with Crippen LogP contribution < -0.4 is 10.1 Å². The minimum atomic E-state index is 0.439. The number of hydrogen-bond acceptors (Lipinski definition) is 7. The molecule has 1 aromatic rings. The monoisotopic (exact) mass is 289 g/mol. The van der Waals surface area contributed by atoms with Crippen LogP contribution in [0.4, 0.5) is 0 Å². The van der Waals surface area contributed by atoms with Gasteiger partial charge in [-0.2, -0.15) is 0 Å². The molecule has 1 N–H and O–H groups in total. The third kappa shape index (κ3) is 8.10. The van der Waals surface area contributed by atoms with Crippen LogP contribution in [0, 0.1) is 0 Å². The van der Waals surface area contributed by atoms with Crippen LogP contribution in [0.2, 0.25) is 0 Å².